The summed E-state index contributed by atoms with van der Waals surface area (Å²) < 4.78 is 21.6. The van der Waals surface area contributed by atoms with Gasteiger partial charge in [0.2, 0.25) is 11.8 Å². The fourth-order valence-corrected chi connectivity index (χ4v) is 3.47. The molecule has 0 aromatic carbocycles. The number of amides is 2. The molecule has 0 radical (unpaired) electrons. The number of carbonyl (C=O) groups is 6. The third-order valence-electron chi connectivity index (χ3n) is 4.67. The fraction of sp³-hybridized carbons (Fsp3) is 0.700. The molecule has 1 rings (SSSR count). The molecule has 2 amide bonds. The van der Waals surface area contributed by atoms with Crippen LogP contribution in [0, 0.1) is 0 Å². The zero-order valence-electron chi connectivity index (χ0n) is 19.2. The van der Waals surface area contributed by atoms with Crippen molar-refractivity contribution in [1.82, 2.24) is 10.2 Å². The van der Waals surface area contributed by atoms with Crippen LogP contribution < -0.4 is 5.32 Å². The molecular formula is C20H30N2O11. The Morgan fingerprint density at radius 2 is 1.45 bits per heavy atom. The minimum atomic E-state index is -1.22. The van der Waals surface area contributed by atoms with Crippen LogP contribution in [0.15, 0.2) is 0 Å². The normalized spacial score (nSPS) is 24.2. The topological polar surface area (TPSA) is 175 Å². The molecule has 1 aliphatic heterocycles. The van der Waals surface area contributed by atoms with Gasteiger partial charge in [-0.3, -0.25) is 28.8 Å². The summed E-state index contributed by atoms with van der Waals surface area (Å²) in [7, 11) is 0. The number of hydrogen-bond donors (Lipinski definition) is 2. The first kappa shape index (κ1) is 27.8. The number of nitrogens with one attached hydrogen (secondary N) is 1. The van der Waals surface area contributed by atoms with Crippen molar-refractivity contribution >= 4 is 35.7 Å². The van der Waals surface area contributed by atoms with Crippen molar-refractivity contribution in [3.8, 4) is 0 Å². The molecule has 1 saturated heterocycles. The summed E-state index contributed by atoms with van der Waals surface area (Å²) in [6, 6.07) is -1.01. The quantitative estimate of drug-likeness (QED) is 0.294. The molecule has 1 heterocycles. The smallest absolute Gasteiger partial charge is 0.323 e. The average Bonchev–Trinajstić information content (AvgIpc) is 2.66. The van der Waals surface area contributed by atoms with Crippen LogP contribution in [0.25, 0.3) is 0 Å². The molecule has 0 saturated carbocycles. The Morgan fingerprint density at radius 3 is 1.91 bits per heavy atom. The predicted octanol–water partition coefficient (Wildman–Crippen LogP) is -0.992. The Morgan fingerprint density at radius 1 is 0.879 bits per heavy atom. The van der Waals surface area contributed by atoms with Gasteiger partial charge in [-0.15, -0.1) is 0 Å². The molecule has 0 aromatic heterocycles. The van der Waals surface area contributed by atoms with E-state index in [9.17, 15) is 28.8 Å². The van der Waals surface area contributed by atoms with Gasteiger partial charge in [0.05, 0.1) is 12.1 Å². The molecule has 0 spiro atoms. The number of rotatable bonds is 10. The van der Waals surface area contributed by atoms with E-state index in [4.69, 9.17) is 24.1 Å². The Hall–Kier alpha value is -3.22. The van der Waals surface area contributed by atoms with Crippen molar-refractivity contribution in [2.75, 3.05) is 19.7 Å². The summed E-state index contributed by atoms with van der Waals surface area (Å²) in [5.74, 6) is -4.29. The lowest BCUT2D eigenvalue weighted by Gasteiger charge is -2.45. The molecule has 186 valence electrons. The summed E-state index contributed by atoms with van der Waals surface area (Å²) in [5.41, 5.74) is 0. The van der Waals surface area contributed by atoms with E-state index in [-0.39, 0.29) is 19.6 Å². The first-order valence-electron chi connectivity index (χ1n) is 10.2. The summed E-state index contributed by atoms with van der Waals surface area (Å²) in [5, 5.41) is 11.6. The molecule has 0 aromatic rings. The minimum Gasteiger partial charge on any atom is -0.480 e. The van der Waals surface area contributed by atoms with Crippen molar-refractivity contribution < 1.29 is 52.8 Å². The number of nitrogens with zero attached hydrogens (tertiary/aromatic N) is 1. The molecule has 0 unspecified atom stereocenters. The number of carboxylic acid groups (broad SMARTS) is 1. The molecule has 1 aliphatic rings. The van der Waals surface area contributed by atoms with Gasteiger partial charge in [-0.25, -0.2) is 0 Å². The molecule has 33 heavy (non-hydrogen) atoms. The number of carboxylic acids is 1. The van der Waals surface area contributed by atoms with Gasteiger partial charge in [-0.1, -0.05) is 0 Å². The molecule has 0 aliphatic carbocycles. The third kappa shape index (κ3) is 9.43. The van der Waals surface area contributed by atoms with Crippen molar-refractivity contribution in [3.63, 3.8) is 0 Å². The SMILES string of the molecule is CC(=O)N[C@@H]1[C@@H](OC(C)=O)[C@@H](OC(C)=O)[C@@H](COC(C)=O)O[C@@H]1CCN(CC(=O)O)C(C)=O. The van der Waals surface area contributed by atoms with Crippen LogP contribution in [0.1, 0.15) is 41.0 Å². The number of ether oxygens (including phenoxy) is 4. The highest BCUT2D eigenvalue weighted by atomic mass is 16.6. The number of aliphatic carboxylic acids is 1. The number of esters is 3. The minimum absolute atomic E-state index is 0.0267. The average molecular weight is 474 g/mol. The highest BCUT2D eigenvalue weighted by molar-refractivity contribution is 5.79. The van der Waals surface area contributed by atoms with Crippen LogP contribution in [0.4, 0.5) is 0 Å². The van der Waals surface area contributed by atoms with E-state index >= 15 is 0 Å². The molecular weight excluding hydrogens is 444 g/mol. The first-order chi connectivity index (χ1) is 15.3. The summed E-state index contributed by atoms with van der Waals surface area (Å²) in [4.78, 5) is 70.7. The van der Waals surface area contributed by atoms with E-state index < -0.39 is 72.7 Å². The van der Waals surface area contributed by atoms with Gasteiger partial charge in [0.25, 0.3) is 0 Å². The second-order valence-electron chi connectivity index (χ2n) is 7.51. The van der Waals surface area contributed by atoms with Crippen molar-refractivity contribution in [2.45, 2.75) is 71.5 Å². The monoisotopic (exact) mass is 474 g/mol. The molecule has 5 atom stereocenters. The van der Waals surface area contributed by atoms with Gasteiger partial charge in [-0.2, -0.15) is 0 Å². The molecule has 13 heteroatoms. The Bertz CT molecular complexity index is 769. The predicted molar refractivity (Wildman–Crippen MR) is 109 cm³/mol. The van der Waals surface area contributed by atoms with Gasteiger partial charge in [0.1, 0.15) is 19.3 Å². The third-order valence-corrected chi connectivity index (χ3v) is 4.67. The van der Waals surface area contributed by atoms with Crippen molar-refractivity contribution in [1.29, 1.82) is 0 Å². The van der Waals surface area contributed by atoms with E-state index in [0.717, 1.165) is 18.7 Å². The van der Waals surface area contributed by atoms with E-state index in [1.54, 1.807) is 0 Å². The van der Waals surface area contributed by atoms with Crippen LogP contribution in [0.5, 0.6) is 0 Å². The van der Waals surface area contributed by atoms with Crippen LogP contribution in [0.2, 0.25) is 0 Å². The van der Waals surface area contributed by atoms with Crippen LogP contribution in [-0.4, -0.2) is 95.9 Å². The van der Waals surface area contributed by atoms with Crippen LogP contribution in [0.3, 0.4) is 0 Å². The largest absolute Gasteiger partial charge is 0.480 e. The zero-order chi connectivity index (χ0) is 25.3. The second kappa shape index (κ2) is 12.7. The Balaban J connectivity index is 3.31. The lowest BCUT2D eigenvalue weighted by Crippen LogP contribution is -2.66. The van der Waals surface area contributed by atoms with E-state index in [2.05, 4.69) is 5.32 Å². The maximum atomic E-state index is 11.9. The van der Waals surface area contributed by atoms with Crippen molar-refractivity contribution in [3.05, 3.63) is 0 Å². The summed E-state index contributed by atoms with van der Waals surface area (Å²) in [6.45, 7) is 4.90. The van der Waals surface area contributed by atoms with Gasteiger partial charge in [-0.05, 0) is 6.42 Å². The second-order valence-corrected chi connectivity index (χ2v) is 7.51. The number of hydrogen-bond acceptors (Lipinski definition) is 10. The Labute approximate surface area is 190 Å². The zero-order valence-corrected chi connectivity index (χ0v) is 19.2. The van der Waals surface area contributed by atoms with Gasteiger partial charge in [0, 0.05) is 41.2 Å². The molecule has 2 N–H and O–H groups in total. The van der Waals surface area contributed by atoms with Crippen LogP contribution >= 0.6 is 0 Å². The molecule has 13 nitrogen and oxygen atoms in total. The van der Waals surface area contributed by atoms with Gasteiger partial charge in [0.15, 0.2) is 12.2 Å². The lowest BCUT2D eigenvalue weighted by atomic mass is 9.90. The lowest BCUT2D eigenvalue weighted by molar-refractivity contribution is -0.224. The standard InChI is InChI=1S/C20H30N2O11/c1-10(23)21-18-15(6-7-22(11(2)24)8-17(28)29)33-16(9-30-12(3)25)19(31-13(4)26)20(18)32-14(5)27/h15-16,18-20H,6-9H2,1-5H3,(H,21,23)(H,28,29)/t15-,16-,18+,19+,20-/m1/s1. The maximum absolute atomic E-state index is 11.9. The maximum Gasteiger partial charge on any atom is 0.323 e. The van der Waals surface area contributed by atoms with Gasteiger partial charge >= 0.3 is 23.9 Å². The van der Waals surface area contributed by atoms with Gasteiger partial charge < -0.3 is 34.3 Å². The molecule has 1 fully saturated rings. The fourth-order valence-electron chi connectivity index (χ4n) is 3.47. The summed E-state index contributed by atoms with van der Waals surface area (Å²) >= 11 is 0. The highest BCUT2D eigenvalue weighted by Gasteiger charge is 2.50. The summed E-state index contributed by atoms with van der Waals surface area (Å²) in [6.07, 6.45) is -4.39. The number of carbonyl (C=O) groups excluding carboxylic acids is 5. The first-order valence-corrected chi connectivity index (χ1v) is 10.2. The van der Waals surface area contributed by atoms with E-state index in [0.29, 0.717) is 0 Å². The van der Waals surface area contributed by atoms with E-state index in [1.165, 1.54) is 20.8 Å². The molecule has 0 bridgehead atoms. The van der Waals surface area contributed by atoms with Crippen LogP contribution in [-0.2, 0) is 47.7 Å². The van der Waals surface area contributed by atoms with Crippen molar-refractivity contribution in [2.24, 2.45) is 0 Å². The van der Waals surface area contributed by atoms with E-state index in [1.807, 2.05) is 0 Å². The Kier molecular flexibility index (Phi) is 10.7. The highest BCUT2D eigenvalue weighted by Crippen LogP contribution is 2.29.